The quantitative estimate of drug-likeness (QED) is 0.556. The van der Waals surface area contributed by atoms with Crippen LogP contribution in [-0.4, -0.2) is 32.3 Å². The lowest BCUT2D eigenvalue weighted by Gasteiger charge is -2.23. The number of aliphatic carboxylic acids is 1. The number of carboxylic acid groups (broad SMARTS) is 1. The maximum absolute atomic E-state index is 12.9. The molecule has 3 rings (SSSR count). The van der Waals surface area contributed by atoms with Crippen LogP contribution in [0.15, 0.2) is 59.5 Å². The summed E-state index contributed by atoms with van der Waals surface area (Å²) in [5.74, 6) is -0.691. The summed E-state index contributed by atoms with van der Waals surface area (Å²) in [7, 11) is 0. The van der Waals surface area contributed by atoms with Crippen LogP contribution in [0.4, 0.5) is 0 Å². The number of nitrogens with zero attached hydrogens (tertiary/aromatic N) is 1. The van der Waals surface area contributed by atoms with Gasteiger partial charge in [-0.1, -0.05) is 66.4 Å². The predicted octanol–water partition coefficient (Wildman–Crippen LogP) is 4.50. The van der Waals surface area contributed by atoms with Crippen LogP contribution >= 0.6 is 24.0 Å². The maximum Gasteiger partial charge on any atom is 0.344 e. The van der Waals surface area contributed by atoms with Crippen LogP contribution in [0.5, 0.6) is 5.75 Å². The maximum atomic E-state index is 12.9. The number of carbonyl (C=O) groups is 2. The Kier molecular flexibility index (Phi) is 6.16. The highest BCUT2D eigenvalue weighted by atomic mass is 32.2. The van der Waals surface area contributed by atoms with E-state index in [0.717, 1.165) is 11.1 Å². The van der Waals surface area contributed by atoms with Crippen molar-refractivity contribution < 1.29 is 19.4 Å². The van der Waals surface area contributed by atoms with Gasteiger partial charge in [0.1, 0.15) is 10.1 Å². The Labute approximate surface area is 173 Å². The summed E-state index contributed by atoms with van der Waals surface area (Å²) in [5.41, 5.74) is 1.83. The van der Waals surface area contributed by atoms with E-state index in [1.165, 1.54) is 18.7 Å². The van der Waals surface area contributed by atoms with Crippen LogP contribution in [-0.2, 0) is 9.59 Å². The number of rotatable bonds is 6. The zero-order chi connectivity index (χ0) is 20.3. The molecule has 1 fully saturated rings. The first-order chi connectivity index (χ1) is 13.4. The van der Waals surface area contributed by atoms with Crippen molar-refractivity contribution in [2.45, 2.75) is 26.0 Å². The van der Waals surface area contributed by atoms with Gasteiger partial charge in [-0.25, -0.2) is 4.79 Å². The Morgan fingerprint density at radius 1 is 1.14 bits per heavy atom. The standard InChI is InChI=1S/C21H19NO4S2/c1-13(16-6-4-3-5-7-16)22-19(23)18(28-21(22)27)12-15-8-10-17(11-9-15)26-14(2)20(24)25/h3-14H,1-2H3,(H,24,25)/b18-12+. The zero-order valence-corrected chi connectivity index (χ0v) is 17.0. The molecule has 1 amide bonds. The monoisotopic (exact) mass is 413 g/mol. The first-order valence-corrected chi connectivity index (χ1v) is 9.91. The first kappa shape index (κ1) is 20.1. The summed E-state index contributed by atoms with van der Waals surface area (Å²) in [6.07, 6.45) is 0.850. The third-order valence-electron chi connectivity index (χ3n) is 4.33. The Balaban J connectivity index is 1.75. The molecular formula is C21H19NO4S2. The van der Waals surface area contributed by atoms with E-state index in [0.29, 0.717) is 15.0 Å². The molecule has 1 aliphatic heterocycles. The number of thiocarbonyl (C=S) groups is 1. The highest BCUT2D eigenvalue weighted by molar-refractivity contribution is 8.26. The number of thioether (sulfide) groups is 1. The van der Waals surface area contributed by atoms with Crippen molar-refractivity contribution >= 4 is 46.3 Å². The lowest BCUT2D eigenvalue weighted by atomic mass is 10.1. The molecule has 144 valence electrons. The van der Waals surface area contributed by atoms with Gasteiger partial charge in [0, 0.05) is 0 Å². The molecule has 0 aromatic heterocycles. The number of carboxylic acids is 1. The molecule has 2 aromatic carbocycles. The molecule has 2 aromatic rings. The summed E-state index contributed by atoms with van der Waals surface area (Å²) in [6.45, 7) is 3.42. The normalized spacial score (nSPS) is 17.6. The molecular weight excluding hydrogens is 394 g/mol. The van der Waals surface area contributed by atoms with E-state index in [9.17, 15) is 9.59 Å². The van der Waals surface area contributed by atoms with Gasteiger partial charge < -0.3 is 9.84 Å². The van der Waals surface area contributed by atoms with E-state index >= 15 is 0 Å². The second-order valence-electron chi connectivity index (χ2n) is 6.31. The van der Waals surface area contributed by atoms with Crippen molar-refractivity contribution in [1.29, 1.82) is 0 Å². The molecule has 2 atom stereocenters. The second kappa shape index (κ2) is 8.58. The Morgan fingerprint density at radius 3 is 2.39 bits per heavy atom. The van der Waals surface area contributed by atoms with Crippen molar-refractivity contribution in [3.63, 3.8) is 0 Å². The van der Waals surface area contributed by atoms with E-state index in [1.807, 2.05) is 37.3 Å². The smallest absolute Gasteiger partial charge is 0.344 e. The van der Waals surface area contributed by atoms with Crippen LogP contribution in [0.2, 0.25) is 0 Å². The molecule has 28 heavy (non-hydrogen) atoms. The summed E-state index contributed by atoms with van der Waals surface area (Å²) < 4.78 is 5.85. The van der Waals surface area contributed by atoms with E-state index in [1.54, 1.807) is 35.2 Å². The Hall–Kier alpha value is -2.64. The van der Waals surface area contributed by atoms with Gasteiger partial charge in [-0.05, 0) is 43.2 Å². The molecule has 0 radical (unpaired) electrons. The average molecular weight is 414 g/mol. The van der Waals surface area contributed by atoms with Gasteiger partial charge in [-0.2, -0.15) is 0 Å². The zero-order valence-electron chi connectivity index (χ0n) is 15.4. The largest absolute Gasteiger partial charge is 0.479 e. The highest BCUT2D eigenvalue weighted by Crippen LogP contribution is 2.38. The van der Waals surface area contributed by atoms with Crippen LogP contribution in [0.25, 0.3) is 6.08 Å². The van der Waals surface area contributed by atoms with Gasteiger partial charge in [0.25, 0.3) is 5.91 Å². The number of carbonyl (C=O) groups excluding carboxylic acids is 1. The summed E-state index contributed by atoms with van der Waals surface area (Å²) >= 11 is 6.71. The molecule has 1 N–H and O–H groups in total. The third-order valence-corrected chi connectivity index (χ3v) is 5.66. The van der Waals surface area contributed by atoms with Gasteiger partial charge in [0.15, 0.2) is 6.10 Å². The highest BCUT2D eigenvalue weighted by Gasteiger charge is 2.35. The van der Waals surface area contributed by atoms with Gasteiger partial charge >= 0.3 is 5.97 Å². The molecule has 0 bridgehead atoms. The number of hydrogen-bond acceptors (Lipinski definition) is 5. The number of amides is 1. The minimum atomic E-state index is -1.03. The Bertz CT molecular complexity index is 925. The average Bonchev–Trinajstić information content (AvgIpc) is 2.96. The topological polar surface area (TPSA) is 66.8 Å². The molecule has 0 aliphatic carbocycles. The molecule has 1 heterocycles. The van der Waals surface area contributed by atoms with Crippen LogP contribution in [0.3, 0.4) is 0 Å². The van der Waals surface area contributed by atoms with Crippen LogP contribution < -0.4 is 4.74 Å². The number of hydrogen-bond donors (Lipinski definition) is 1. The summed E-state index contributed by atoms with van der Waals surface area (Å²) in [4.78, 5) is 25.9. The van der Waals surface area contributed by atoms with Crippen molar-refractivity contribution in [2.75, 3.05) is 0 Å². The van der Waals surface area contributed by atoms with E-state index in [4.69, 9.17) is 22.1 Å². The molecule has 7 heteroatoms. The fourth-order valence-corrected chi connectivity index (χ4v) is 4.16. The minimum absolute atomic E-state index is 0.119. The van der Waals surface area contributed by atoms with Crippen molar-refractivity contribution in [3.8, 4) is 5.75 Å². The van der Waals surface area contributed by atoms with E-state index in [2.05, 4.69) is 0 Å². The third kappa shape index (κ3) is 4.43. The molecule has 2 unspecified atom stereocenters. The molecule has 0 saturated carbocycles. The fourth-order valence-electron chi connectivity index (χ4n) is 2.74. The van der Waals surface area contributed by atoms with Crippen molar-refractivity contribution in [2.24, 2.45) is 0 Å². The predicted molar refractivity (Wildman–Crippen MR) is 114 cm³/mol. The van der Waals surface area contributed by atoms with Crippen LogP contribution in [0.1, 0.15) is 31.0 Å². The number of ether oxygens (including phenoxy) is 1. The van der Waals surface area contributed by atoms with Gasteiger partial charge in [-0.3, -0.25) is 9.69 Å². The first-order valence-electron chi connectivity index (χ1n) is 8.68. The van der Waals surface area contributed by atoms with Gasteiger partial charge in [0.05, 0.1) is 10.9 Å². The molecule has 1 aliphatic rings. The number of benzene rings is 2. The summed E-state index contributed by atoms with van der Waals surface area (Å²) in [6, 6.07) is 16.5. The van der Waals surface area contributed by atoms with E-state index < -0.39 is 12.1 Å². The van der Waals surface area contributed by atoms with Crippen LogP contribution in [0, 0.1) is 0 Å². The van der Waals surface area contributed by atoms with E-state index in [-0.39, 0.29) is 11.9 Å². The Morgan fingerprint density at radius 2 is 1.79 bits per heavy atom. The molecule has 1 saturated heterocycles. The lowest BCUT2D eigenvalue weighted by Crippen LogP contribution is -2.30. The summed E-state index contributed by atoms with van der Waals surface area (Å²) in [5, 5.41) is 8.90. The molecule has 5 nitrogen and oxygen atoms in total. The SMILES string of the molecule is CC(Oc1ccc(/C=C2/SC(=S)N(C(C)c3ccccc3)C2=O)cc1)C(=O)O. The van der Waals surface area contributed by atoms with Gasteiger partial charge in [-0.15, -0.1) is 0 Å². The van der Waals surface area contributed by atoms with Gasteiger partial charge in [0.2, 0.25) is 0 Å². The van der Waals surface area contributed by atoms with Crippen molar-refractivity contribution in [1.82, 2.24) is 4.90 Å². The molecule has 0 spiro atoms. The van der Waals surface area contributed by atoms with Crippen molar-refractivity contribution in [3.05, 3.63) is 70.6 Å². The lowest BCUT2D eigenvalue weighted by molar-refractivity contribution is -0.144. The second-order valence-corrected chi connectivity index (χ2v) is 7.98. The fraction of sp³-hybridized carbons (Fsp3) is 0.190. The minimum Gasteiger partial charge on any atom is -0.479 e.